The first-order chi connectivity index (χ1) is 14.1. The van der Waals surface area contributed by atoms with E-state index in [4.69, 9.17) is 8.94 Å². The number of anilines is 1. The van der Waals surface area contributed by atoms with Crippen LogP contribution in [0.1, 0.15) is 21.8 Å². The number of carbonyl (C=O) groups excluding carboxylic acids is 1. The molecule has 0 radical (unpaired) electrons. The zero-order valence-electron chi connectivity index (χ0n) is 14.9. The number of hydrogen-bond donors (Lipinski definition) is 1. The number of nitro groups is 1. The number of furan rings is 1. The molecule has 144 valence electrons. The fourth-order valence-electron chi connectivity index (χ4n) is 2.81. The van der Waals surface area contributed by atoms with Gasteiger partial charge in [0, 0.05) is 11.8 Å². The minimum atomic E-state index is -0.588. The van der Waals surface area contributed by atoms with Crippen molar-refractivity contribution in [2.24, 2.45) is 0 Å². The Kier molecular flexibility index (Phi) is 4.85. The van der Waals surface area contributed by atoms with Gasteiger partial charge in [-0.3, -0.25) is 14.9 Å². The number of para-hydroxylation sites is 2. The Balaban J connectivity index is 1.56. The number of amides is 1. The molecule has 2 heterocycles. The van der Waals surface area contributed by atoms with Gasteiger partial charge in [0.1, 0.15) is 5.56 Å². The van der Waals surface area contributed by atoms with Crippen molar-refractivity contribution >= 4 is 17.3 Å². The fourth-order valence-corrected chi connectivity index (χ4v) is 2.81. The summed E-state index contributed by atoms with van der Waals surface area (Å²) in [6.45, 7) is 0. The number of nitro benzene ring substituents is 1. The Morgan fingerprint density at radius 2 is 1.86 bits per heavy atom. The Hall–Kier alpha value is -4.27. The van der Waals surface area contributed by atoms with Crippen LogP contribution in [0.15, 0.2) is 75.9 Å². The molecule has 9 heteroatoms. The zero-order valence-corrected chi connectivity index (χ0v) is 14.9. The highest BCUT2D eigenvalue weighted by molar-refractivity contribution is 6.07. The lowest BCUT2D eigenvalue weighted by Crippen LogP contribution is -2.15. The summed E-state index contributed by atoms with van der Waals surface area (Å²) in [6.07, 6.45) is 1.78. The Morgan fingerprint density at radius 3 is 2.66 bits per heavy atom. The van der Waals surface area contributed by atoms with Crippen LogP contribution in [0.2, 0.25) is 0 Å². The van der Waals surface area contributed by atoms with Crippen molar-refractivity contribution in [1.82, 2.24) is 10.1 Å². The third kappa shape index (κ3) is 3.88. The van der Waals surface area contributed by atoms with E-state index in [1.807, 2.05) is 0 Å². The molecule has 0 spiro atoms. The van der Waals surface area contributed by atoms with Gasteiger partial charge < -0.3 is 14.3 Å². The van der Waals surface area contributed by atoms with Gasteiger partial charge in [-0.25, -0.2) is 0 Å². The number of benzene rings is 2. The number of carbonyl (C=O) groups is 1. The smallest absolute Gasteiger partial charge is 0.282 e. The summed E-state index contributed by atoms with van der Waals surface area (Å²) < 4.78 is 10.5. The summed E-state index contributed by atoms with van der Waals surface area (Å²) in [7, 11) is 0. The molecule has 1 N–H and O–H groups in total. The summed E-state index contributed by atoms with van der Waals surface area (Å²) in [5, 5.41) is 17.8. The molecule has 0 saturated heterocycles. The number of nitrogens with one attached hydrogen (secondary N) is 1. The molecule has 4 aromatic rings. The summed E-state index contributed by atoms with van der Waals surface area (Å²) in [5.74, 6) is 0.569. The molecule has 0 unspecified atom stereocenters. The Labute approximate surface area is 164 Å². The van der Waals surface area contributed by atoms with E-state index in [2.05, 4.69) is 15.5 Å². The third-order valence-electron chi connectivity index (χ3n) is 4.16. The topological polar surface area (TPSA) is 124 Å². The largest absolute Gasteiger partial charge is 0.461 e. The first kappa shape index (κ1) is 18.1. The molecule has 0 saturated carbocycles. The Bertz CT molecular complexity index is 1170. The van der Waals surface area contributed by atoms with Crippen LogP contribution in [0.3, 0.4) is 0 Å². The number of nitrogens with zero attached hydrogens (tertiary/aromatic N) is 3. The monoisotopic (exact) mass is 390 g/mol. The van der Waals surface area contributed by atoms with Crippen LogP contribution in [0.4, 0.5) is 11.4 Å². The second kappa shape index (κ2) is 7.77. The van der Waals surface area contributed by atoms with Gasteiger partial charge in [0.15, 0.2) is 5.76 Å². The van der Waals surface area contributed by atoms with E-state index in [0.29, 0.717) is 28.7 Å². The van der Waals surface area contributed by atoms with E-state index in [-0.39, 0.29) is 17.7 Å². The van der Waals surface area contributed by atoms with Crippen molar-refractivity contribution in [3.05, 3.63) is 94.1 Å². The van der Waals surface area contributed by atoms with Gasteiger partial charge >= 0.3 is 0 Å². The van der Waals surface area contributed by atoms with E-state index in [1.165, 1.54) is 24.5 Å². The zero-order chi connectivity index (χ0) is 20.2. The quantitative estimate of drug-likeness (QED) is 0.388. The van der Waals surface area contributed by atoms with Gasteiger partial charge in [-0.05, 0) is 29.8 Å². The van der Waals surface area contributed by atoms with Gasteiger partial charge in [0.2, 0.25) is 11.7 Å². The average molecular weight is 390 g/mol. The highest BCUT2D eigenvalue weighted by Crippen LogP contribution is 2.24. The lowest BCUT2D eigenvalue weighted by Gasteiger charge is -2.10. The van der Waals surface area contributed by atoms with Crippen LogP contribution in [-0.4, -0.2) is 21.0 Å². The minimum Gasteiger partial charge on any atom is -0.461 e. The van der Waals surface area contributed by atoms with Crippen molar-refractivity contribution in [3.8, 4) is 11.6 Å². The molecule has 0 fully saturated rings. The Morgan fingerprint density at radius 1 is 1.07 bits per heavy atom. The van der Waals surface area contributed by atoms with Gasteiger partial charge in [-0.2, -0.15) is 4.98 Å². The third-order valence-corrected chi connectivity index (χ3v) is 4.16. The van der Waals surface area contributed by atoms with Crippen LogP contribution in [0.5, 0.6) is 0 Å². The molecule has 0 aliphatic carbocycles. The summed E-state index contributed by atoms with van der Waals surface area (Å²) in [4.78, 5) is 27.5. The van der Waals surface area contributed by atoms with E-state index < -0.39 is 10.8 Å². The van der Waals surface area contributed by atoms with Gasteiger partial charge in [0.25, 0.3) is 11.6 Å². The highest BCUT2D eigenvalue weighted by atomic mass is 16.6. The van der Waals surface area contributed by atoms with Crippen LogP contribution >= 0.6 is 0 Å². The molecule has 9 nitrogen and oxygen atoms in total. The van der Waals surface area contributed by atoms with Crippen LogP contribution < -0.4 is 5.32 Å². The van der Waals surface area contributed by atoms with Crippen LogP contribution in [-0.2, 0) is 6.42 Å². The molecular weight excluding hydrogens is 376 g/mol. The molecule has 4 rings (SSSR count). The van der Waals surface area contributed by atoms with Gasteiger partial charge in [0.05, 0.1) is 17.6 Å². The normalized spacial score (nSPS) is 10.6. The highest BCUT2D eigenvalue weighted by Gasteiger charge is 2.20. The second-order valence-electron chi connectivity index (χ2n) is 6.05. The predicted molar refractivity (Wildman–Crippen MR) is 102 cm³/mol. The molecule has 2 aromatic heterocycles. The maximum absolute atomic E-state index is 12.6. The minimum absolute atomic E-state index is 0.0230. The standard InChI is InChI=1S/C20H14N4O5/c25-20(14-7-2-4-9-16(14)24(26)27)21-15-8-3-1-6-13(15)12-18-22-19(23-29-18)17-10-5-11-28-17/h1-11H,12H2,(H,21,25). The van der Waals surface area contributed by atoms with Crippen molar-refractivity contribution in [1.29, 1.82) is 0 Å². The summed E-state index contributed by atoms with van der Waals surface area (Å²) in [6, 6.07) is 16.3. The second-order valence-corrected chi connectivity index (χ2v) is 6.05. The SMILES string of the molecule is O=C(Nc1ccccc1Cc1nc(-c2ccco2)no1)c1ccccc1[N+](=O)[O-]. The van der Waals surface area contributed by atoms with Crippen LogP contribution in [0.25, 0.3) is 11.6 Å². The maximum Gasteiger partial charge on any atom is 0.282 e. The number of aromatic nitrogens is 2. The van der Waals surface area contributed by atoms with Crippen molar-refractivity contribution in [3.63, 3.8) is 0 Å². The van der Waals surface area contributed by atoms with E-state index in [1.54, 1.807) is 42.5 Å². The lowest BCUT2D eigenvalue weighted by atomic mass is 10.1. The molecule has 0 aliphatic heterocycles. The number of rotatable bonds is 6. The maximum atomic E-state index is 12.6. The van der Waals surface area contributed by atoms with Crippen molar-refractivity contribution in [2.75, 3.05) is 5.32 Å². The molecular formula is C20H14N4O5. The average Bonchev–Trinajstić information content (AvgIpc) is 3.41. The first-order valence-electron chi connectivity index (χ1n) is 8.61. The molecule has 0 bridgehead atoms. The fraction of sp³-hybridized carbons (Fsp3) is 0.0500. The summed E-state index contributed by atoms with van der Waals surface area (Å²) in [5.41, 5.74) is 0.926. The van der Waals surface area contributed by atoms with Crippen LogP contribution in [0, 0.1) is 10.1 Å². The molecule has 29 heavy (non-hydrogen) atoms. The number of hydrogen-bond acceptors (Lipinski definition) is 7. The lowest BCUT2D eigenvalue weighted by molar-refractivity contribution is -0.385. The van der Waals surface area contributed by atoms with Crippen molar-refractivity contribution < 1.29 is 18.7 Å². The van der Waals surface area contributed by atoms with E-state index in [0.717, 1.165) is 0 Å². The summed E-state index contributed by atoms with van der Waals surface area (Å²) >= 11 is 0. The molecule has 2 aromatic carbocycles. The molecule has 0 aliphatic rings. The molecule has 0 atom stereocenters. The van der Waals surface area contributed by atoms with Gasteiger partial charge in [-0.15, -0.1) is 0 Å². The van der Waals surface area contributed by atoms with E-state index in [9.17, 15) is 14.9 Å². The first-order valence-corrected chi connectivity index (χ1v) is 8.61. The van der Waals surface area contributed by atoms with Crippen molar-refractivity contribution in [2.45, 2.75) is 6.42 Å². The van der Waals surface area contributed by atoms with Gasteiger partial charge in [-0.1, -0.05) is 35.5 Å². The predicted octanol–water partition coefficient (Wildman–Crippen LogP) is 4.08. The van der Waals surface area contributed by atoms with E-state index >= 15 is 0 Å². The molecule has 1 amide bonds.